The maximum atomic E-state index is 12.0. The molecule has 0 saturated carbocycles. The molecule has 0 aromatic heterocycles. The van der Waals surface area contributed by atoms with Crippen LogP contribution in [-0.2, 0) is 4.79 Å². The van der Waals surface area contributed by atoms with Crippen LogP contribution in [0.1, 0.15) is 12.0 Å². The van der Waals surface area contributed by atoms with Crippen molar-refractivity contribution in [2.75, 3.05) is 38.2 Å². The summed E-state index contributed by atoms with van der Waals surface area (Å²) in [4.78, 5) is 13.8. The standard InChI is InChI=1S/C14H21ClN2O3/c1-11-9-12(15)3-4-13(11)16-14(20)10-17(6-8-19)5-2-7-18/h3-4,9,18-19H,2,5-8,10H2,1H3,(H,16,20). The lowest BCUT2D eigenvalue weighted by molar-refractivity contribution is -0.117. The van der Waals surface area contributed by atoms with Crippen molar-refractivity contribution in [3.8, 4) is 0 Å². The monoisotopic (exact) mass is 300 g/mol. The van der Waals surface area contributed by atoms with E-state index in [0.29, 0.717) is 24.5 Å². The lowest BCUT2D eigenvalue weighted by atomic mass is 10.2. The number of hydrogen-bond acceptors (Lipinski definition) is 4. The second-order valence-corrected chi connectivity index (χ2v) is 5.02. The molecular weight excluding hydrogens is 280 g/mol. The van der Waals surface area contributed by atoms with Crippen LogP contribution in [-0.4, -0.2) is 53.9 Å². The van der Waals surface area contributed by atoms with Gasteiger partial charge in [0, 0.05) is 30.4 Å². The largest absolute Gasteiger partial charge is 0.396 e. The third kappa shape index (κ3) is 5.88. The van der Waals surface area contributed by atoms with Gasteiger partial charge in [0.1, 0.15) is 0 Å². The van der Waals surface area contributed by atoms with E-state index in [2.05, 4.69) is 5.32 Å². The van der Waals surface area contributed by atoms with Crippen LogP contribution in [0.3, 0.4) is 0 Å². The first kappa shape index (κ1) is 16.9. The smallest absolute Gasteiger partial charge is 0.238 e. The van der Waals surface area contributed by atoms with E-state index in [0.717, 1.165) is 11.3 Å². The van der Waals surface area contributed by atoms with Crippen LogP contribution in [0.25, 0.3) is 0 Å². The fraction of sp³-hybridized carbons (Fsp3) is 0.500. The maximum absolute atomic E-state index is 12.0. The molecule has 0 heterocycles. The quantitative estimate of drug-likeness (QED) is 0.676. The topological polar surface area (TPSA) is 72.8 Å². The summed E-state index contributed by atoms with van der Waals surface area (Å²) >= 11 is 5.86. The van der Waals surface area contributed by atoms with E-state index in [-0.39, 0.29) is 25.7 Å². The third-order valence-corrected chi connectivity index (χ3v) is 3.11. The highest BCUT2D eigenvalue weighted by atomic mass is 35.5. The zero-order valence-corrected chi connectivity index (χ0v) is 12.4. The van der Waals surface area contributed by atoms with E-state index in [4.69, 9.17) is 21.8 Å². The molecule has 0 aliphatic rings. The molecular formula is C14H21ClN2O3. The van der Waals surface area contributed by atoms with E-state index >= 15 is 0 Å². The molecule has 0 unspecified atom stereocenters. The number of amides is 1. The number of nitrogens with one attached hydrogen (secondary N) is 1. The number of benzene rings is 1. The van der Waals surface area contributed by atoms with Crippen LogP contribution < -0.4 is 5.32 Å². The van der Waals surface area contributed by atoms with Gasteiger partial charge >= 0.3 is 0 Å². The molecule has 112 valence electrons. The molecule has 0 radical (unpaired) electrons. The Morgan fingerprint density at radius 1 is 1.30 bits per heavy atom. The highest BCUT2D eigenvalue weighted by Crippen LogP contribution is 2.19. The number of rotatable bonds is 8. The van der Waals surface area contributed by atoms with Gasteiger partial charge < -0.3 is 15.5 Å². The Bertz CT molecular complexity index is 440. The molecule has 6 heteroatoms. The van der Waals surface area contributed by atoms with Crippen molar-refractivity contribution in [3.63, 3.8) is 0 Å². The van der Waals surface area contributed by atoms with Gasteiger partial charge in [0.2, 0.25) is 5.91 Å². The average molecular weight is 301 g/mol. The minimum atomic E-state index is -0.151. The van der Waals surface area contributed by atoms with E-state index < -0.39 is 0 Å². The van der Waals surface area contributed by atoms with E-state index in [1.807, 2.05) is 6.92 Å². The predicted octanol–water partition coefficient (Wildman–Crippen LogP) is 1.26. The van der Waals surface area contributed by atoms with Crippen molar-refractivity contribution in [2.24, 2.45) is 0 Å². The van der Waals surface area contributed by atoms with Crippen molar-refractivity contribution < 1.29 is 15.0 Å². The average Bonchev–Trinajstić information content (AvgIpc) is 2.39. The Balaban J connectivity index is 2.55. The van der Waals surface area contributed by atoms with Crippen LogP contribution >= 0.6 is 11.6 Å². The van der Waals surface area contributed by atoms with Gasteiger partial charge in [-0.3, -0.25) is 9.69 Å². The molecule has 0 aliphatic carbocycles. The van der Waals surface area contributed by atoms with Gasteiger partial charge in [-0.25, -0.2) is 0 Å². The fourth-order valence-corrected chi connectivity index (χ4v) is 2.09. The molecule has 0 bridgehead atoms. The molecule has 1 aromatic carbocycles. The zero-order chi connectivity index (χ0) is 15.0. The number of aliphatic hydroxyl groups excluding tert-OH is 2. The first-order valence-corrected chi connectivity index (χ1v) is 6.94. The SMILES string of the molecule is Cc1cc(Cl)ccc1NC(=O)CN(CCO)CCCO. The van der Waals surface area contributed by atoms with Gasteiger partial charge in [-0.15, -0.1) is 0 Å². The summed E-state index contributed by atoms with van der Waals surface area (Å²) < 4.78 is 0. The second-order valence-electron chi connectivity index (χ2n) is 4.58. The number of halogens is 1. The summed E-state index contributed by atoms with van der Waals surface area (Å²) in [6, 6.07) is 5.27. The zero-order valence-electron chi connectivity index (χ0n) is 11.6. The predicted molar refractivity (Wildman–Crippen MR) is 80.0 cm³/mol. The second kappa shape index (κ2) is 8.92. The number of aryl methyl sites for hydroxylation is 1. The number of aliphatic hydroxyl groups is 2. The number of nitrogens with zero attached hydrogens (tertiary/aromatic N) is 1. The van der Waals surface area contributed by atoms with Gasteiger partial charge in [0.15, 0.2) is 0 Å². The van der Waals surface area contributed by atoms with Crippen molar-refractivity contribution in [1.82, 2.24) is 4.90 Å². The van der Waals surface area contributed by atoms with Crippen LogP contribution in [0.15, 0.2) is 18.2 Å². The molecule has 20 heavy (non-hydrogen) atoms. The van der Waals surface area contributed by atoms with Crippen LogP contribution in [0.5, 0.6) is 0 Å². The van der Waals surface area contributed by atoms with Crippen molar-refractivity contribution in [1.29, 1.82) is 0 Å². The van der Waals surface area contributed by atoms with Gasteiger partial charge in [-0.1, -0.05) is 11.6 Å². The first-order valence-electron chi connectivity index (χ1n) is 6.57. The highest BCUT2D eigenvalue weighted by molar-refractivity contribution is 6.30. The molecule has 0 atom stereocenters. The number of carbonyl (C=O) groups is 1. The minimum Gasteiger partial charge on any atom is -0.396 e. The molecule has 0 aliphatic heterocycles. The normalized spacial score (nSPS) is 10.8. The van der Waals surface area contributed by atoms with E-state index in [1.165, 1.54) is 0 Å². The molecule has 1 rings (SSSR count). The number of hydrogen-bond donors (Lipinski definition) is 3. The Hall–Kier alpha value is -1.14. The molecule has 0 saturated heterocycles. The molecule has 0 fully saturated rings. The number of anilines is 1. The molecule has 1 aromatic rings. The van der Waals surface area contributed by atoms with E-state index in [1.54, 1.807) is 23.1 Å². The van der Waals surface area contributed by atoms with Crippen molar-refractivity contribution in [3.05, 3.63) is 28.8 Å². The van der Waals surface area contributed by atoms with E-state index in [9.17, 15) is 4.79 Å². The maximum Gasteiger partial charge on any atom is 0.238 e. The van der Waals surface area contributed by atoms with Gasteiger partial charge in [-0.05, 0) is 37.1 Å². The number of carbonyl (C=O) groups excluding carboxylic acids is 1. The lowest BCUT2D eigenvalue weighted by Crippen LogP contribution is -2.36. The summed E-state index contributed by atoms with van der Waals surface area (Å²) in [7, 11) is 0. The Labute approximate surface area is 124 Å². The van der Waals surface area contributed by atoms with Crippen LogP contribution in [0, 0.1) is 6.92 Å². The Morgan fingerprint density at radius 3 is 2.65 bits per heavy atom. The van der Waals surface area contributed by atoms with Crippen molar-refractivity contribution >= 4 is 23.2 Å². The Kier molecular flexibility index (Phi) is 7.54. The fourth-order valence-electron chi connectivity index (χ4n) is 1.87. The molecule has 1 amide bonds. The Morgan fingerprint density at radius 2 is 2.05 bits per heavy atom. The third-order valence-electron chi connectivity index (χ3n) is 2.88. The molecule has 5 nitrogen and oxygen atoms in total. The molecule has 0 spiro atoms. The first-order chi connectivity index (χ1) is 9.56. The lowest BCUT2D eigenvalue weighted by Gasteiger charge is -2.20. The molecule has 3 N–H and O–H groups in total. The summed E-state index contributed by atoms with van der Waals surface area (Å²) in [5.74, 6) is -0.151. The van der Waals surface area contributed by atoms with Gasteiger partial charge in [0.05, 0.1) is 13.2 Å². The van der Waals surface area contributed by atoms with Crippen molar-refractivity contribution in [2.45, 2.75) is 13.3 Å². The van der Waals surface area contributed by atoms with Gasteiger partial charge in [-0.2, -0.15) is 0 Å². The van der Waals surface area contributed by atoms with Crippen LogP contribution in [0.2, 0.25) is 5.02 Å². The summed E-state index contributed by atoms with van der Waals surface area (Å²) in [6.07, 6.45) is 0.577. The minimum absolute atomic E-state index is 0.0152. The summed E-state index contributed by atoms with van der Waals surface area (Å²) in [5.41, 5.74) is 1.63. The summed E-state index contributed by atoms with van der Waals surface area (Å²) in [6.45, 7) is 3.09. The summed E-state index contributed by atoms with van der Waals surface area (Å²) in [5, 5.41) is 21.2. The highest BCUT2D eigenvalue weighted by Gasteiger charge is 2.11. The van der Waals surface area contributed by atoms with Crippen LogP contribution in [0.4, 0.5) is 5.69 Å². The van der Waals surface area contributed by atoms with Gasteiger partial charge in [0.25, 0.3) is 0 Å².